The van der Waals surface area contributed by atoms with E-state index in [1.807, 2.05) is 75.4 Å². The van der Waals surface area contributed by atoms with Crippen molar-refractivity contribution in [1.82, 2.24) is 10.2 Å². The van der Waals surface area contributed by atoms with Crippen molar-refractivity contribution >= 4 is 22.9 Å². The number of carbonyl (C=O) groups excluding carboxylic acids is 2. The van der Waals surface area contributed by atoms with Gasteiger partial charge >= 0.3 is 17.8 Å². The molecule has 1 aromatic heterocycles. The van der Waals surface area contributed by atoms with Crippen LogP contribution in [0.2, 0.25) is 0 Å². The minimum absolute atomic E-state index is 0.107. The summed E-state index contributed by atoms with van der Waals surface area (Å²) in [6, 6.07) is 18.1. The molecule has 1 atom stereocenters. The number of carbonyl (C=O) groups is 2. The zero-order valence-corrected chi connectivity index (χ0v) is 26.1. The van der Waals surface area contributed by atoms with Crippen LogP contribution in [0, 0.1) is 6.92 Å². The predicted molar refractivity (Wildman–Crippen MR) is 169 cm³/mol. The fraction of sp³-hybridized carbons (Fsp3) is 0.361. The Bertz CT molecular complexity index is 1800. The van der Waals surface area contributed by atoms with Gasteiger partial charge in [0.1, 0.15) is 11.3 Å². The first-order valence-electron chi connectivity index (χ1n) is 15.6. The van der Waals surface area contributed by atoms with Crippen LogP contribution >= 0.6 is 0 Å². The van der Waals surface area contributed by atoms with Gasteiger partial charge in [0.2, 0.25) is 0 Å². The van der Waals surface area contributed by atoms with Crippen molar-refractivity contribution in [3.63, 3.8) is 0 Å². The van der Waals surface area contributed by atoms with Crippen LogP contribution in [-0.4, -0.2) is 30.0 Å². The van der Waals surface area contributed by atoms with Gasteiger partial charge in [-0.05, 0) is 60.9 Å². The van der Waals surface area contributed by atoms with Crippen LogP contribution in [0.5, 0.6) is 5.75 Å². The number of hydrogen-bond donors (Lipinski definition) is 1. The van der Waals surface area contributed by atoms with Crippen molar-refractivity contribution in [2.75, 3.05) is 13.2 Å². The monoisotopic (exact) mass is 634 g/mol. The SMILES string of the molecule is CCCc1cc2c(C(F)(F)F)cc(=O)oc2c(CCC)c1OCCCCN1C(=O)NC(c2ccccc2)(c2ccccc2C)C1=O. The average Bonchev–Trinajstić information content (AvgIpc) is 3.27. The fourth-order valence-electron chi connectivity index (χ4n) is 6.29. The van der Waals surface area contributed by atoms with E-state index in [2.05, 4.69) is 5.32 Å². The number of fused-ring (bicyclic) bond motifs is 1. The Kier molecular flexibility index (Phi) is 9.55. The lowest BCUT2D eigenvalue weighted by Crippen LogP contribution is -2.45. The summed E-state index contributed by atoms with van der Waals surface area (Å²) in [4.78, 5) is 40.7. The standard InChI is InChI=1S/C36H37F3N2O5/c1-4-13-24-21-27-29(36(37,38)39)22-30(42)46-32(27)26(14-5-2)31(24)45-20-12-11-19-41-33(43)35(40-34(41)44,25-16-7-6-8-17-25)28-18-10-9-15-23(28)3/h6-10,15-18,21-22H,4-5,11-14,19-20H2,1-3H3,(H,40,44). The molecule has 2 heterocycles. The molecule has 3 aromatic carbocycles. The van der Waals surface area contributed by atoms with E-state index in [4.69, 9.17) is 9.15 Å². The molecule has 7 nitrogen and oxygen atoms in total. The van der Waals surface area contributed by atoms with Crippen LogP contribution in [0.3, 0.4) is 0 Å². The van der Waals surface area contributed by atoms with Gasteiger partial charge < -0.3 is 14.5 Å². The largest absolute Gasteiger partial charge is 0.493 e. The van der Waals surface area contributed by atoms with Crippen LogP contribution < -0.4 is 15.7 Å². The Morgan fingerprint density at radius 3 is 2.28 bits per heavy atom. The van der Waals surface area contributed by atoms with Gasteiger partial charge in [0, 0.05) is 23.6 Å². The van der Waals surface area contributed by atoms with E-state index in [9.17, 15) is 27.6 Å². The summed E-state index contributed by atoms with van der Waals surface area (Å²) < 4.78 is 53.3. The number of nitrogens with one attached hydrogen (secondary N) is 1. The minimum Gasteiger partial charge on any atom is -0.493 e. The molecule has 242 valence electrons. The number of imide groups is 1. The van der Waals surface area contributed by atoms with Gasteiger partial charge in [-0.25, -0.2) is 9.59 Å². The van der Waals surface area contributed by atoms with Crippen molar-refractivity contribution in [3.8, 4) is 5.75 Å². The van der Waals surface area contributed by atoms with E-state index in [-0.39, 0.29) is 30.0 Å². The molecule has 1 fully saturated rings. The number of halogens is 3. The highest BCUT2D eigenvalue weighted by atomic mass is 19.4. The first-order chi connectivity index (χ1) is 22.0. The Morgan fingerprint density at radius 1 is 0.913 bits per heavy atom. The Balaban J connectivity index is 1.37. The van der Waals surface area contributed by atoms with E-state index < -0.39 is 28.9 Å². The van der Waals surface area contributed by atoms with E-state index in [1.165, 1.54) is 11.0 Å². The molecule has 3 amide bonds. The second kappa shape index (κ2) is 13.4. The number of alkyl halides is 3. The molecule has 10 heteroatoms. The molecule has 1 saturated heterocycles. The number of benzene rings is 3. The zero-order chi connectivity index (χ0) is 33.1. The maximum Gasteiger partial charge on any atom is 0.417 e. The van der Waals surface area contributed by atoms with Crippen molar-refractivity contribution in [1.29, 1.82) is 0 Å². The molecular formula is C36H37F3N2O5. The second-order valence-corrected chi connectivity index (χ2v) is 11.6. The number of rotatable bonds is 12. The van der Waals surface area contributed by atoms with E-state index in [0.29, 0.717) is 72.6 Å². The molecule has 0 aliphatic carbocycles. The molecular weight excluding hydrogens is 597 g/mol. The normalized spacial score (nSPS) is 16.7. The molecule has 1 aliphatic heterocycles. The maximum atomic E-state index is 14.1. The summed E-state index contributed by atoms with van der Waals surface area (Å²) in [5.41, 5.74) is -0.272. The van der Waals surface area contributed by atoms with Gasteiger partial charge in [0.25, 0.3) is 5.91 Å². The molecule has 1 N–H and O–H groups in total. The molecule has 1 unspecified atom stereocenters. The summed E-state index contributed by atoms with van der Waals surface area (Å²) >= 11 is 0. The highest BCUT2D eigenvalue weighted by molar-refractivity contribution is 6.09. The first-order valence-corrected chi connectivity index (χ1v) is 15.6. The lowest BCUT2D eigenvalue weighted by Gasteiger charge is -2.29. The molecule has 0 bridgehead atoms. The number of hydrogen-bond acceptors (Lipinski definition) is 5. The third-order valence-corrected chi connectivity index (χ3v) is 8.37. The molecule has 5 rings (SSSR count). The molecule has 0 saturated carbocycles. The number of aryl methyl sites for hydroxylation is 3. The summed E-state index contributed by atoms with van der Waals surface area (Å²) in [7, 11) is 0. The lowest BCUT2D eigenvalue weighted by atomic mass is 9.80. The van der Waals surface area contributed by atoms with Gasteiger partial charge in [0.05, 0.1) is 12.2 Å². The zero-order valence-electron chi connectivity index (χ0n) is 26.1. The quantitative estimate of drug-likeness (QED) is 0.0981. The first kappa shape index (κ1) is 32.8. The minimum atomic E-state index is -4.72. The van der Waals surface area contributed by atoms with Crippen LogP contribution in [0.25, 0.3) is 11.0 Å². The van der Waals surface area contributed by atoms with Crippen molar-refractivity contribution < 1.29 is 31.9 Å². The van der Waals surface area contributed by atoms with Crippen LogP contribution in [0.15, 0.2) is 75.9 Å². The molecule has 0 spiro atoms. The van der Waals surface area contributed by atoms with Gasteiger partial charge in [-0.2, -0.15) is 13.2 Å². The Labute approximate surface area is 265 Å². The van der Waals surface area contributed by atoms with Crippen LogP contribution in [-0.2, 0) is 29.4 Å². The van der Waals surface area contributed by atoms with Gasteiger partial charge in [-0.3, -0.25) is 9.69 Å². The summed E-state index contributed by atoms with van der Waals surface area (Å²) in [6.07, 6.45) is -1.73. The summed E-state index contributed by atoms with van der Waals surface area (Å²) in [5, 5.41) is 2.82. The third kappa shape index (κ3) is 6.12. The van der Waals surface area contributed by atoms with Gasteiger partial charge in [0.15, 0.2) is 5.54 Å². The summed E-state index contributed by atoms with van der Waals surface area (Å²) in [6.45, 7) is 6.06. The molecule has 46 heavy (non-hydrogen) atoms. The number of nitrogens with zero attached hydrogens (tertiary/aromatic N) is 1. The third-order valence-electron chi connectivity index (χ3n) is 8.37. The number of ether oxygens (including phenoxy) is 1. The topological polar surface area (TPSA) is 88.8 Å². The highest BCUT2D eigenvalue weighted by Gasteiger charge is 2.54. The Hall–Kier alpha value is -4.60. The molecule has 4 aromatic rings. The van der Waals surface area contributed by atoms with E-state index in [1.54, 1.807) is 0 Å². The lowest BCUT2D eigenvalue weighted by molar-refractivity contribution is -0.136. The smallest absolute Gasteiger partial charge is 0.417 e. The van der Waals surface area contributed by atoms with Crippen LogP contribution in [0.1, 0.15) is 72.9 Å². The molecule has 0 radical (unpaired) electrons. The Morgan fingerprint density at radius 2 is 1.61 bits per heavy atom. The highest BCUT2D eigenvalue weighted by Crippen LogP contribution is 2.41. The number of urea groups is 1. The van der Waals surface area contributed by atoms with Crippen molar-refractivity contribution in [3.05, 3.63) is 111 Å². The van der Waals surface area contributed by atoms with E-state index >= 15 is 0 Å². The molecule has 1 aliphatic rings. The summed E-state index contributed by atoms with van der Waals surface area (Å²) in [5.74, 6) is 0.0655. The maximum absolute atomic E-state index is 14.1. The van der Waals surface area contributed by atoms with Crippen molar-refractivity contribution in [2.24, 2.45) is 0 Å². The number of unbranched alkanes of at least 4 members (excludes halogenated alkanes) is 1. The number of amides is 3. The average molecular weight is 635 g/mol. The van der Waals surface area contributed by atoms with E-state index in [0.717, 1.165) is 5.56 Å². The van der Waals surface area contributed by atoms with Gasteiger partial charge in [-0.15, -0.1) is 0 Å². The van der Waals surface area contributed by atoms with Gasteiger partial charge in [-0.1, -0.05) is 81.3 Å². The van der Waals surface area contributed by atoms with Crippen molar-refractivity contribution in [2.45, 2.75) is 71.0 Å². The van der Waals surface area contributed by atoms with Crippen LogP contribution in [0.4, 0.5) is 18.0 Å². The fourth-order valence-corrected chi connectivity index (χ4v) is 6.29. The predicted octanol–water partition coefficient (Wildman–Crippen LogP) is 7.68. The second-order valence-electron chi connectivity index (χ2n) is 11.6.